The molecule has 2 aromatic carbocycles. The Bertz CT molecular complexity index is 890. The van der Waals surface area contributed by atoms with Gasteiger partial charge in [-0.15, -0.1) is 0 Å². The number of hydrogen-bond donors (Lipinski definition) is 1. The molecule has 0 amide bonds. The summed E-state index contributed by atoms with van der Waals surface area (Å²) in [6.07, 6.45) is -4.48. The molecule has 3 rings (SSSR count). The number of aromatic amines is 1. The van der Waals surface area contributed by atoms with E-state index < -0.39 is 18.6 Å². The van der Waals surface area contributed by atoms with Crippen molar-refractivity contribution < 1.29 is 22.3 Å². The first-order valence-corrected chi connectivity index (χ1v) is 7.31. The van der Waals surface area contributed by atoms with Crippen LogP contribution in [0, 0.1) is 12.7 Å². The van der Waals surface area contributed by atoms with Crippen molar-refractivity contribution in [2.24, 2.45) is 0 Å². The molecule has 0 fully saturated rings. The van der Waals surface area contributed by atoms with Crippen LogP contribution in [0.25, 0.3) is 22.5 Å². The van der Waals surface area contributed by atoms with Gasteiger partial charge >= 0.3 is 6.18 Å². The molecule has 8 heteroatoms. The molecule has 0 bridgehead atoms. The lowest BCUT2D eigenvalue weighted by atomic mass is 10.0. The molecule has 25 heavy (non-hydrogen) atoms. The highest BCUT2D eigenvalue weighted by Gasteiger charge is 2.29. The topological polar surface area (TPSA) is 50.8 Å². The van der Waals surface area contributed by atoms with E-state index in [1.165, 1.54) is 36.4 Å². The molecule has 0 atom stereocenters. The van der Waals surface area contributed by atoms with Crippen LogP contribution in [0.2, 0.25) is 0 Å². The van der Waals surface area contributed by atoms with E-state index in [1.807, 2.05) is 0 Å². The summed E-state index contributed by atoms with van der Waals surface area (Å²) in [4.78, 5) is 4.17. The summed E-state index contributed by atoms with van der Waals surface area (Å²) in [7, 11) is 0. The normalized spacial score (nSPS) is 11.6. The Hall–Kier alpha value is -2.90. The van der Waals surface area contributed by atoms with E-state index in [0.29, 0.717) is 17.2 Å². The highest BCUT2D eigenvalue weighted by atomic mass is 19.4. The number of hydrogen-bond acceptors (Lipinski definition) is 3. The van der Waals surface area contributed by atoms with Gasteiger partial charge < -0.3 is 4.74 Å². The van der Waals surface area contributed by atoms with Crippen molar-refractivity contribution in [3.8, 4) is 28.3 Å². The fourth-order valence-corrected chi connectivity index (χ4v) is 2.32. The fraction of sp³-hybridized carbons (Fsp3) is 0.176. The smallest absolute Gasteiger partial charge is 0.422 e. The number of ether oxygens (including phenoxy) is 1. The molecule has 0 saturated heterocycles. The molecule has 130 valence electrons. The molecule has 0 spiro atoms. The number of nitrogens with one attached hydrogen (secondary N) is 1. The molecule has 0 unspecified atom stereocenters. The zero-order valence-electron chi connectivity index (χ0n) is 13.1. The Morgan fingerprint density at radius 3 is 2.52 bits per heavy atom. The van der Waals surface area contributed by atoms with Gasteiger partial charge in [0.25, 0.3) is 0 Å². The van der Waals surface area contributed by atoms with Gasteiger partial charge in [-0.3, -0.25) is 5.10 Å². The molecular formula is C17H13F4N3O. The molecule has 0 aliphatic heterocycles. The summed E-state index contributed by atoms with van der Waals surface area (Å²) in [5.41, 5.74) is 0.863. The number of H-pyrrole nitrogens is 1. The van der Waals surface area contributed by atoms with Gasteiger partial charge in [0.15, 0.2) is 12.4 Å². The standard InChI is InChI=1S/C17H13F4N3O/c1-10-22-16(24-23-10)11-6-7-14(18)13(8-11)12-4-2-3-5-15(12)25-9-17(19,20)21/h2-8H,9H2,1H3,(H,22,23,24). The van der Waals surface area contributed by atoms with Crippen LogP contribution in [0.4, 0.5) is 17.6 Å². The molecule has 1 heterocycles. The molecule has 0 radical (unpaired) electrons. The zero-order chi connectivity index (χ0) is 18.0. The maximum absolute atomic E-state index is 14.3. The van der Waals surface area contributed by atoms with E-state index in [0.717, 1.165) is 0 Å². The van der Waals surface area contributed by atoms with Crippen LogP contribution >= 0.6 is 0 Å². The third kappa shape index (κ3) is 3.96. The molecule has 4 nitrogen and oxygen atoms in total. The van der Waals surface area contributed by atoms with Crippen molar-refractivity contribution in [1.29, 1.82) is 0 Å². The van der Waals surface area contributed by atoms with Crippen LogP contribution in [-0.4, -0.2) is 28.0 Å². The Labute approximate surface area is 140 Å². The zero-order valence-corrected chi connectivity index (χ0v) is 13.1. The second-order valence-corrected chi connectivity index (χ2v) is 5.34. The van der Waals surface area contributed by atoms with Crippen molar-refractivity contribution in [3.05, 3.63) is 54.1 Å². The Morgan fingerprint density at radius 1 is 1.08 bits per heavy atom. The number of nitrogens with zero attached hydrogens (tertiary/aromatic N) is 2. The van der Waals surface area contributed by atoms with Gasteiger partial charge in [0, 0.05) is 16.7 Å². The number of para-hydroxylation sites is 1. The molecule has 0 aliphatic rings. The number of halogens is 4. The highest BCUT2D eigenvalue weighted by Crippen LogP contribution is 2.34. The van der Waals surface area contributed by atoms with E-state index in [9.17, 15) is 17.6 Å². The minimum atomic E-state index is -4.48. The maximum Gasteiger partial charge on any atom is 0.422 e. The van der Waals surface area contributed by atoms with Gasteiger partial charge in [0.1, 0.15) is 17.4 Å². The first-order chi connectivity index (χ1) is 11.8. The number of rotatable bonds is 4. The minimum Gasteiger partial charge on any atom is -0.483 e. The maximum atomic E-state index is 14.3. The van der Waals surface area contributed by atoms with Gasteiger partial charge in [0.2, 0.25) is 0 Å². The number of aryl methyl sites for hydroxylation is 1. The van der Waals surface area contributed by atoms with Crippen LogP contribution < -0.4 is 4.74 Å². The minimum absolute atomic E-state index is 0.0537. The Morgan fingerprint density at radius 2 is 1.84 bits per heavy atom. The second-order valence-electron chi connectivity index (χ2n) is 5.34. The average Bonchev–Trinajstić information content (AvgIpc) is 2.99. The number of alkyl halides is 3. The summed E-state index contributed by atoms with van der Waals surface area (Å²) in [6.45, 7) is 0.270. The lowest BCUT2D eigenvalue weighted by Gasteiger charge is -2.14. The number of benzene rings is 2. The van der Waals surface area contributed by atoms with Crippen molar-refractivity contribution >= 4 is 0 Å². The van der Waals surface area contributed by atoms with Gasteiger partial charge in [0.05, 0.1) is 0 Å². The van der Waals surface area contributed by atoms with Crippen molar-refractivity contribution in [3.63, 3.8) is 0 Å². The largest absolute Gasteiger partial charge is 0.483 e. The fourth-order valence-electron chi connectivity index (χ4n) is 2.32. The lowest BCUT2D eigenvalue weighted by Crippen LogP contribution is -2.19. The molecule has 1 aromatic heterocycles. The van der Waals surface area contributed by atoms with Gasteiger partial charge in [-0.25, -0.2) is 9.37 Å². The summed E-state index contributed by atoms with van der Waals surface area (Å²) in [5, 5.41) is 6.69. The van der Waals surface area contributed by atoms with Crippen LogP contribution in [0.5, 0.6) is 5.75 Å². The van der Waals surface area contributed by atoms with Crippen molar-refractivity contribution in [2.45, 2.75) is 13.1 Å². The molecule has 3 aromatic rings. The number of aromatic nitrogens is 3. The van der Waals surface area contributed by atoms with Gasteiger partial charge in [-0.2, -0.15) is 18.3 Å². The average molecular weight is 351 g/mol. The van der Waals surface area contributed by atoms with E-state index in [1.54, 1.807) is 13.0 Å². The van der Waals surface area contributed by atoms with Gasteiger partial charge in [-0.05, 0) is 31.2 Å². The molecule has 1 N–H and O–H groups in total. The van der Waals surface area contributed by atoms with E-state index in [2.05, 4.69) is 15.2 Å². The lowest BCUT2D eigenvalue weighted by molar-refractivity contribution is -0.153. The first kappa shape index (κ1) is 16.9. The van der Waals surface area contributed by atoms with Crippen molar-refractivity contribution in [1.82, 2.24) is 15.2 Å². The predicted molar refractivity (Wildman–Crippen MR) is 83.5 cm³/mol. The molecule has 0 aliphatic carbocycles. The summed E-state index contributed by atoms with van der Waals surface area (Å²) < 4.78 is 56.4. The molecular weight excluding hydrogens is 338 g/mol. The van der Waals surface area contributed by atoms with Crippen molar-refractivity contribution in [2.75, 3.05) is 6.61 Å². The summed E-state index contributed by atoms with van der Waals surface area (Å²) in [5.74, 6) is 0.323. The molecule has 0 saturated carbocycles. The first-order valence-electron chi connectivity index (χ1n) is 7.31. The summed E-state index contributed by atoms with van der Waals surface area (Å²) in [6, 6.07) is 10.2. The quantitative estimate of drug-likeness (QED) is 0.703. The highest BCUT2D eigenvalue weighted by molar-refractivity contribution is 5.75. The Balaban J connectivity index is 2.01. The van der Waals surface area contributed by atoms with E-state index in [4.69, 9.17) is 4.74 Å². The van der Waals surface area contributed by atoms with Crippen LogP contribution in [-0.2, 0) is 0 Å². The van der Waals surface area contributed by atoms with Crippen LogP contribution in [0.1, 0.15) is 5.82 Å². The predicted octanol–water partition coefficient (Wildman–Crippen LogP) is 4.53. The SMILES string of the molecule is Cc1nc(-c2ccc(F)c(-c3ccccc3OCC(F)(F)F)c2)n[nH]1. The third-order valence-electron chi connectivity index (χ3n) is 3.39. The second kappa shape index (κ2) is 6.54. The monoisotopic (exact) mass is 351 g/mol. The van der Waals surface area contributed by atoms with Gasteiger partial charge in [-0.1, -0.05) is 18.2 Å². The third-order valence-corrected chi connectivity index (χ3v) is 3.39. The Kier molecular flexibility index (Phi) is 4.43. The van der Waals surface area contributed by atoms with E-state index in [-0.39, 0.29) is 16.9 Å². The summed E-state index contributed by atoms with van der Waals surface area (Å²) >= 11 is 0. The van der Waals surface area contributed by atoms with E-state index >= 15 is 0 Å². The van der Waals surface area contributed by atoms with Crippen LogP contribution in [0.3, 0.4) is 0 Å². The van der Waals surface area contributed by atoms with Crippen LogP contribution in [0.15, 0.2) is 42.5 Å².